The Morgan fingerprint density at radius 3 is 3.05 bits per heavy atom. The number of piperidine rings is 1. The summed E-state index contributed by atoms with van der Waals surface area (Å²) in [6, 6.07) is 2.13. The Bertz CT molecular complexity index is 438. The van der Waals surface area contributed by atoms with E-state index in [-0.39, 0.29) is 12.0 Å². The van der Waals surface area contributed by atoms with Gasteiger partial charge < -0.3 is 10.5 Å². The molecule has 0 spiro atoms. The van der Waals surface area contributed by atoms with Gasteiger partial charge in [0.2, 0.25) is 0 Å². The Morgan fingerprint density at radius 2 is 2.42 bits per heavy atom. The first kappa shape index (κ1) is 14.8. The third-order valence-electron chi connectivity index (χ3n) is 3.37. The lowest BCUT2D eigenvalue weighted by Crippen LogP contribution is -2.49. The quantitative estimate of drug-likeness (QED) is 0.861. The molecule has 2 atom stereocenters. The van der Waals surface area contributed by atoms with Crippen LogP contribution in [0.2, 0.25) is 4.34 Å². The summed E-state index contributed by atoms with van der Waals surface area (Å²) in [6.45, 7) is 1.97. The lowest BCUT2D eigenvalue weighted by atomic mass is 9.90. The fourth-order valence-corrected chi connectivity index (χ4v) is 3.58. The number of esters is 1. The van der Waals surface area contributed by atoms with E-state index in [9.17, 15) is 4.79 Å². The molecule has 1 aliphatic rings. The number of likely N-dealkylation sites (tertiary alicyclic amines) is 1. The van der Waals surface area contributed by atoms with Gasteiger partial charge in [0.25, 0.3) is 0 Å². The molecule has 0 radical (unpaired) electrons. The first-order valence-corrected chi connectivity index (χ1v) is 7.60. The molecule has 0 aromatic carbocycles. The monoisotopic (exact) mass is 302 g/mol. The van der Waals surface area contributed by atoms with Crippen LogP contribution in [0.5, 0.6) is 0 Å². The van der Waals surface area contributed by atoms with Crippen LogP contribution in [0, 0.1) is 5.92 Å². The third-order valence-corrected chi connectivity index (χ3v) is 4.51. The molecule has 0 aliphatic carbocycles. The van der Waals surface area contributed by atoms with Gasteiger partial charge in [-0.25, -0.2) is 0 Å². The van der Waals surface area contributed by atoms with Crippen molar-refractivity contribution in [1.29, 1.82) is 0 Å². The highest BCUT2D eigenvalue weighted by Crippen LogP contribution is 2.25. The molecule has 1 fully saturated rings. The van der Waals surface area contributed by atoms with E-state index in [2.05, 4.69) is 10.3 Å². The van der Waals surface area contributed by atoms with Gasteiger partial charge in [-0.05, 0) is 35.8 Å². The number of thiophene rings is 1. The van der Waals surface area contributed by atoms with E-state index >= 15 is 0 Å². The molecule has 1 saturated heterocycles. The average Bonchev–Trinajstić information content (AvgIpc) is 2.73. The van der Waals surface area contributed by atoms with Gasteiger partial charge in [0, 0.05) is 19.1 Å². The van der Waals surface area contributed by atoms with Crippen molar-refractivity contribution >= 4 is 28.9 Å². The number of methoxy groups -OCH3 is 1. The average molecular weight is 303 g/mol. The second kappa shape index (κ2) is 6.70. The molecule has 0 amide bonds. The van der Waals surface area contributed by atoms with E-state index < -0.39 is 0 Å². The number of hydrogen-bond acceptors (Lipinski definition) is 5. The summed E-state index contributed by atoms with van der Waals surface area (Å²) in [4.78, 5) is 13.4. The molecule has 0 saturated carbocycles. The molecule has 6 heteroatoms. The van der Waals surface area contributed by atoms with Gasteiger partial charge in [0.15, 0.2) is 0 Å². The smallest absolute Gasteiger partial charge is 0.319 e. The normalized spacial score (nSPS) is 24.4. The summed E-state index contributed by atoms with van der Waals surface area (Å²) < 4.78 is 5.53. The van der Waals surface area contributed by atoms with Crippen LogP contribution in [0.15, 0.2) is 11.4 Å². The molecule has 2 unspecified atom stereocenters. The summed E-state index contributed by atoms with van der Waals surface area (Å²) in [7, 11) is 1.41. The Kier molecular flexibility index (Phi) is 5.21. The molecular formula is C13H19ClN2O2S. The van der Waals surface area contributed by atoms with E-state index in [1.165, 1.54) is 12.7 Å². The minimum atomic E-state index is -0.202. The number of ether oxygens (including phenoxy) is 1. The number of carbonyl (C=O) groups excluding carboxylic acids is 1. The maximum Gasteiger partial charge on any atom is 0.319 e. The van der Waals surface area contributed by atoms with E-state index in [0.29, 0.717) is 12.5 Å². The maximum atomic E-state index is 11.3. The highest BCUT2D eigenvalue weighted by molar-refractivity contribution is 7.14. The summed E-state index contributed by atoms with van der Waals surface area (Å²) in [5.41, 5.74) is 7.33. The van der Waals surface area contributed by atoms with Crippen LogP contribution in [-0.2, 0) is 16.0 Å². The minimum absolute atomic E-state index is 0.123. The van der Waals surface area contributed by atoms with Crippen LogP contribution < -0.4 is 5.73 Å². The van der Waals surface area contributed by atoms with Crippen molar-refractivity contribution in [2.45, 2.75) is 18.9 Å². The van der Waals surface area contributed by atoms with Crippen LogP contribution in [0.3, 0.4) is 0 Å². The van der Waals surface area contributed by atoms with Crippen LogP contribution in [-0.4, -0.2) is 43.7 Å². The van der Waals surface area contributed by atoms with Crippen molar-refractivity contribution in [2.75, 3.05) is 26.7 Å². The van der Waals surface area contributed by atoms with Gasteiger partial charge in [-0.2, -0.15) is 0 Å². The zero-order valence-corrected chi connectivity index (χ0v) is 12.5. The van der Waals surface area contributed by atoms with Crippen LogP contribution in [0.1, 0.15) is 12.0 Å². The Hall–Kier alpha value is -0.620. The number of rotatable bonds is 4. The third kappa shape index (κ3) is 4.45. The van der Waals surface area contributed by atoms with E-state index in [1.54, 1.807) is 11.3 Å². The van der Waals surface area contributed by atoms with E-state index in [4.69, 9.17) is 22.1 Å². The second-order valence-corrected chi connectivity index (χ2v) is 6.64. The van der Waals surface area contributed by atoms with Crippen molar-refractivity contribution in [2.24, 2.45) is 11.7 Å². The van der Waals surface area contributed by atoms with Crippen molar-refractivity contribution in [1.82, 2.24) is 4.90 Å². The molecule has 0 bridgehead atoms. The Morgan fingerprint density at radius 1 is 1.63 bits per heavy atom. The molecule has 4 nitrogen and oxygen atoms in total. The number of nitrogens with zero attached hydrogens (tertiary/aromatic N) is 1. The molecule has 1 aliphatic heterocycles. The maximum absolute atomic E-state index is 11.3. The summed E-state index contributed by atoms with van der Waals surface area (Å²) in [5.74, 6) is 0.269. The second-order valence-electron chi connectivity index (χ2n) is 5.10. The fraction of sp³-hybridized carbons (Fsp3) is 0.615. The standard InChI is InChI=1S/C13H19ClN2O2S/c1-18-13(17)7-16-5-9(3-11(15)6-16)2-10-4-12(14)19-8-10/h4,8-9,11H,2-3,5-7,15H2,1H3. The van der Waals surface area contributed by atoms with Gasteiger partial charge in [-0.15, -0.1) is 11.3 Å². The number of hydrogen-bond donors (Lipinski definition) is 1. The zero-order chi connectivity index (χ0) is 13.8. The summed E-state index contributed by atoms with van der Waals surface area (Å²) in [5, 5.41) is 2.09. The van der Waals surface area contributed by atoms with Crippen LogP contribution in [0.25, 0.3) is 0 Å². The minimum Gasteiger partial charge on any atom is -0.468 e. The van der Waals surface area contributed by atoms with E-state index in [0.717, 1.165) is 30.3 Å². The summed E-state index contributed by atoms with van der Waals surface area (Å²) in [6.07, 6.45) is 1.96. The number of nitrogens with two attached hydrogens (primary N) is 1. The lowest BCUT2D eigenvalue weighted by molar-refractivity contribution is -0.142. The van der Waals surface area contributed by atoms with Gasteiger partial charge in [0.1, 0.15) is 0 Å². The highest BCUT2D eigenvalue weighted by Gasteiger charge is 2.26. The Balaban J connectivity index is 1.91. The fourth-order valence-electron chi connectivity index (χ4n) is 2.66. The molecule has 2 N–H and O–H groups in total. The topological polar surface area (TPSA) is 55.6 Å². The molecule has 1 aromatic rings. The molecule has 106 valence electrons. The summed E-state index contributed by atoms with van der Waals surface area (Å²) >= 11 is 7.50. The number of carbonyl (C=O) groups is 1. The van der Waals surface area contributed by atoms with Gasteiger partial charge >= 0.3 is 5.97 Å². The molecule has 2 heterocycles. The van der Waals surface area contributed by atoms with Crippen molar-refractivity contribution < 1.29 is 9.53 Å². The van der Waals surface area contributed by atoms with Gasteiger partial charge in [-0.3, -0.25) is 9.69 Å². The van der Waals surface area contributed by atoms with Crippen molar-refractivity contribution in [3.05, 3.63) is 21.3 Å². The molecule has 2 rings (SSSR count). The predicted molar refractivity (Wildman–Crippen MR) is 77.6 cm³/mol. The first-order chi connectivity index (χ1) is 9.06. The van der Waals surface area contributed by atoms with Crippen LogP contribution in [0.4, 0.5) is 0 Å². The van der Waals surface area contributed by atoms with Crippen molar-refractivity contribution in [3.63, 3.8) is 0 Å². The molecular weight excluding hydrogens is 284 g/mol. The van der Waals surface area contributed by atoms with E-state index in [1.807, 2.05) is 6.07 Å². The highest BCUT2D eigenvalue weighted by atomic mass is 35.5. The molecule has 19 heavy (non-hydrogen) atoms. The lowest BCUT2D eigenvalue weighted by Gasteiger charge is -2.35. The van der Waals surface area contributed by atoms with Gasteiger partial charge in [0.05, 0.1) is 18.0 Å². The Labute approximate surface area is 122 Å². The number of halogens is 1. The van der Waals surface area contributed by atoms with Gasteiger partial charge in [-0.1, -0.05) is 11.6 Å². The largest absolute Gasteiger partial charge is 0.468 e. The molecule has 1 aromatic heterocycles. The van der Waals surface area contributed by atoms with Crippen LogP contribution >= 0.6 is 22.9 Å². The first-order valence-electron chi connectivity index (χ1n) is 6.34. The SMILES string of the molecule is COC(=O)CN1CC(N)CC(Cc2csc(Cl)c2)C1. The zero-order valence-electron chi connectivity index (χ0n) is 11.0. The van der Waals surface area contributed by atoms with Crippen molar-refractivity contribution in [3.8, 4) is 0 Å². The predicted octanol–water partition coefficient (Wildman–Crippen LogP) is 1.77.